The number of benzene rings is 1. The molecule has 0 heterocycles. The summed E-state index contributed by atoms with van der Waals surface area (Å²) in [4.78, 5) is 0. The zero-order valence-corrected chi connectivity index (χ0v) is 11.8. The van der Waals surface area contributed by atoms with Crippen molar-refractivity contribution < 1.29 is 23.0 Å². The van der Waals surface area contributed by atoms with Gasteiger partial charge in [0, 0.05) is 6.61 Å². The standard InChI is InChI=1S/C15H21F3O2/c1-11(2)5-4-8-20-10-14(19)12-6-3-7-13(9-12)15(16,17)18/h3,6-7,9,11,14,19H,4-5,8,10H2,1-2H3. The Kier molecular flexibility index (Phi) is 6.49. The van der Waals surface area contributed by atoms with Gasteiger partial charge >= 0.3 is 6.18 Å². The third-order valence-electron chi connectivity index (χ3n) is 2.94. The Balaban J connectivity index is 2.45. The summed E-state index contributed by atoms with van der Waals surface area (Å²) in [5.41, 5.74) is -0.530. The first-order valence-corrected chi connectivity index (χ1v) is 6.73. The Morgan fingerprint density at radius 2 is 1.95 bits per heavy atom. The summed E-state index contributed by atoms with van der Waals surface area (Å²) in [6, 6.07) is 4.71. The van der Waals surface area contributed by atoms with Crippen LogP contribution in [0.1, 0.15) is 43.9 Å². The van der Waals surface area contributed by atoms with E-state index in [0.717, 1.165) is 25.0 Å². The number of aliphatic hydroxyl groups excluding tert-OH is 1. The van der Waals surface area contributed by atoms with Crippen molar-refractivity contribution in [2.24, 2.45) is 5.92 Å². The molecule has 1 aromatic carbocycles. The molecule has 2 nitrogen and oxygen atoms in total. The van der Waals surface area contributed by atoms with E-state index < -0.39 is 17.8 Å². The molecule has 1 unspecified atom stereocenters. The summed E-state index contributed by atoms with van der Waals surface area (Å²) in [5.74, 6) is 0.590. The third-order valence-corrected chi connectivity index (χ3v) is 2.94. The second-order valence-corrected chi connectivity index (χ2v) is 5.25. The lowest BCUT2D eigenvalue weighted by Gasteiger charge is -2.14. The largest absolute Gasteiger partial charge is 0.416 e. The van der Waals surface area contributed by atoms with E-state index in [2.05, 4.69) is 13.8 Å². The molecule has 0 aliphatic rings. The quantitative estimate of drug-likeness (QED) is 0.763. The molecule has 0 aliphatic heterocycles. The van der Waals surface area contributed by atoms with E-state index in [-0.39, 0.29) is 12.2 Å². The summed E-state index contributed by atoms with van der Waals surface area (Å²) < 4.78 is 42.9. The van der Waals surface area contributed by atoms with Crippen LogP contribution in [0.5, 0.6) is 0 Å². The average Bonchev–Trinajstić information content (AvgIpc) is 2.37. The highest BCUT2D eigenvalue weighted by molar-refractivity contribution is 5.27. The number of hydrogen-bond donors (Lipinski definition) is 1. The Bertz CT molecular complexity index is 402. The number of hydrogen-bond acceptors (Lipinski definition) is 2. The topological polar surface area (TPSA) is 29.5 Å². The fourth-order valence-electron chi connectivity index (χ4n) is 1.81. The van der Waals surface area contributed by atoms with Gasteiger partial charge in [-0.05, 0) is 36.5 Å². The van der Waals surface area contributed by atoms with Crippen molar-refractivity contribution in [3.8, 4) is 0 Å². The van der Waals surface area contributed by atoms with Crippen molar-refractivity contribution in [3.05, 3.63) is 35.4 Å². The van der Waals surface area contributed by atoms with Crippen molar-refractivity contribution in [3.63, 3.8) is 0 Å². The van der Waals surface area contributed by atoms with Crippen LogP contribution < -0.4 is 0 Å². The summed E-state index contributed by atoms with van der Waals surface area (Å²) in [5, 5.41) is 9.83. The number of rotatable bonds is 7. The van der Waals surface area contributed by atoms with E-state index in [1.165, 1.54) is 12.1 Å². The monoisotopic (exact) mass is 290 g/mol. The predicted octanol–water partition coefficient (Wildman–Crippen LogP) is 4.19. The van der Waals surface area contributed by atoms with Crippen molar-refractivity contribution in [1.82, 2.24) is 0 Å². The van der Waals surface area contributed by atoms with Gasteiger partial charge in [-0.1, -0.05) is 26.0 Å². The smallest absolute Gasteiger partial charge is 0.386 e. The van der Waals surface area contributed by atoms with Crippen LogP contribution >= 0.6 is 0 Å². The summed E-state index contributed by atoms with van der Waals surface area (Å²) in [6.45, 7) is 4.74. The minimum Gasteiger partial charge on any atom is -0.386 e. The van der Waals surface area contributed by atoms with Crippen molar-refractivity contribution in [2.45, 2.75) is 39.0 Å². The van der Waals surface area contributed by atoms with E-state index in [4.69, 9.17) is 4.74 Å². The van der Waals surface area contributed by atoms with E-state index in [1.807, 2.05) is 0 Å². The van der Waals surface area contributed by atoms with Crippen LogP contribution in [0.25, 0.3) is 0 Å². The fraction of sp³-hybridized carbons (Fsp3) is 0.600. The van der Waals surface area contributed by atoms with Gasteiger partial charge in [0.05, 0.1) is 12.2 Å². The van der Waals surface area contributed by atoms with Crippen molar-refractivity contribution in [1.29, 1.82) is 0 Å². The van der Waals surface area contributed by atoms with Crippen molar-refractivity contribution >= 4 is 0 Å². The number of alkyl halides is 3. The van der Waals surface area contributed by atoms with Gasteiger partial charge < -0.3 is 9.84 Å². The minimum absolute atomic E-state index is 0.0133. The Hall–Kier alpha value is -1.07. The van der Waals surface area contributed by atoms with E-state index in [0.29, 0.717) is 12.5 Å². The normalized spacial score (nSPS) is 13.8. The molecule has 0 spiro atoms. The van der Waals surface area contributed by atoms with Crippen LogP contribution in [0.3, 0.4) is 0 Å². The lowest BCUT2D eigenvalue weighted by atomic mass is 10.1. The van der Waals surface area contributed by atoms with Gasteiger partial charge in [-0.2, -0.15) is 13.2 Å². The first kappa shape index (κ1) is 17.0. The second-order valence-electron chi connectivity index (χ2n) is 5.25. The Morgan fingerprint density at radius 3 is 2.55 bits per heavy atom. The molecule has 0 saturated heterocycles. The van der Waals surface area contributed by atoms with Crippen LogP contribution in [0.15, 0.2) is 24.3 Å². The highest BCUT2D eigenvalue weighted by Gasteiger charge is 2.30. The number of aliphatic hydroxyl groups is 1. The molecule has 0 radical (unpaired) electrons. The molecule has 0 bridgehead atoms. The molecule has 0 aromatic heterocycles. The van der Waals surface area contributed by atoms with E-state index in [1.54, 1.807) is 0 Å². The first-order valence-electron chi connectivity index (χ1n) is 6.73. The molecule has 0 saturated carbocycles. The molecular weight excluding hydrogens is 269 g/mol. The van der Waals surface area contributed by atoms with Crippen LogP contribution in [0.2, 0.25) is 0 Å². The van der Waals surface area contributed by atoms with Gasteiger partial charge in [0.1, 0.15) is 6.10 Å². The molecule has 0 fully saturated rings. The summed E-state index contributed by atoms with van der Waals surface area (Å²) in [6.07, 6.45) is -3.52. The lowest BCUT2D eigenvalue weighted by Crippen LogP contribution is -2.11. The number of halogens is 3. The minimum atomic E-state index is -4.39. The van der Waals surface area contributed by atoms with Gasteiger partial charge in [-0.15, -0.1) is 0 Å². The molecule has 5 heteroatoms. The highest BCUT2D eigenvalue weighted by atomic mass is 19.4. The summed E-state index contributed by atoms with van der Waals surface area (Å²) >= 11 is 0. The van der Waals surface area contributed by atoms with E-state index >= 15 is 0 Å². The Labute approximate surface area is 117 Å². The van der Waals surface area contributed by atoms with Crippen LogP contribution in [0.4, 0.5) is 13.2 Å². The SMILES string of the molecule is CC(C)CCCOCC(O)c1cccc(C(F)(F)F)c1. The highest BCUT2D eigenvalue weighted by Crippen LogP contribution is 2.30. The van der Waals surface area contributed by atoms with Crippen molar-refractivity contribution in [2.75, 3.05) is 13.2 Å². The molecule has 114 valence electrons. The van der Waals surface area contributed by atoms with Gasteiger partial charge in [-0.3, -0.25) is 0 Å². The first-order chi connectivity index (χ1) is 9.30. The van der Waals surface area contributed by atoms with Gasteiger partial charge in [-0.25, -0.2) is 0 Å². The van der Waals surface area contributed by atoms with E-state index in [9.17, 15) is 18.3 Å². The molecule has 1 aromatic rings. The van der Waals surface area contributed by atoms with Crippen LogP contribution in [0, 0.1) is 5.92 Å². The predicted molar refractivity (Wildman–Crippen MR) is 71.3 cm³/mol. The molecule has 1 N–H and O–H groups in total. The maximum Gasteiger partial charge on any atom is 0.416 e. The van der Waals surface area contributed by atoms with Gasteiger partial charge in [0.15, 0.2) is 0 Å². The van der Waals surface area contributed by atoms with Gasteiger partial charge in [0.2, 0.25) is 0 Å². The van der Waals surface area contributed by atoms with Crippen LogP contribution in [-0.4, -0.2) is 18.3 Å². The summed E-state index contributed by atoms with van der Waals surface area (Å²) in [7, 11) is 0. The maximum atomic E-state index is 12.5. The third kappa shape index (κ3) is 5.92. The number of ether oxygens (including phenoxy) is 1. The molecule has 1 rings (SSSR count). The molecule has 0 amide bonds. The molecule has 20 heavy (non-hydrogen) atoms. The maximum absolute atomic E-state index is 12.5. The zero-order valence-electron chi connectivity index (χ0n) is 11.8. The molecular formula is C15H21F3O2. The van der Waals surface area contributed by atoms with Gasteiger partial charge in [0.25, 0.3) is 0 Å². The zero-order chi connectivity index (χ0) is 15.2. The molecule has 0 aliphatic carbocycles. The molecule has 1 atom stereocenters. The fourth-order valence-corrected chi connectivity index (χ4v) is 1.81. The Morgan fingerprint density at radius 1 is 1.25 bits per heavy atom. The lowest BCUT2D eigenvalue weighted by molar-refractivity contribution is -0.137. The second kappa shape index (κ2) is 7.64. The van der Waals surface area contributed by atoms with Crippen LogP contribution in [-0.2, 0) is 10.9 Å². The average molecular weight is 290 g/mol.